The molecule has 4 rings (SSSR count). The fourth-order valence-corrected chi connectivity index (χ4v) is 3.99. The molecule has 8 nitrogen and oxygen atoms in total. The van der Waals surface area contributed by atoms with Crippen LogP contribution >= 0.6 is 0 Å². The Morgan fingerprint density at radius 3 is 2.32 bits per heavy atom. The number of nitrogens with zero attached hydrogens (tertiary/aromatic N) is 3. The van der Waals surface area contributed by atoms with Crippen LogP contribution < -0.4 is 20.9 Å². The van der Waals surface area contributed by atoms with Crippen LogP contribution in [0, 0.1) is 5.92 Å². The molecule has 2 aliphatic rings. The Morgan fingerprint density at radius 1 is 1.00 bits per heavy atom. The minimum atomic E-state index is -0.268. The van der Waals surface area contributed by atoms with Gasteiger partial charge in [-0.05, 0) is 30.5 Å². The van der Waals surface area contributed by atoms with Crippen molar-refractivity contribution in [3.05, 3.63) is 42.2 Å². The lowest BCUT2D eigenvalue weighted by atomic mass is 10.1. The average molecular weight is 423 g/mol. The Morgan fingerprint density at radius 2 is 1.68 bits per heavy atom. The minimum absolute atomic E-state index is 0.0607. The van der Waals surface area contributed by atoms with Crippen LogP contribution in [-0.4, -0.2) is 41.4 Å². The number of amides is 2. The Labute approximate surface area is 182 Å². The summed E-state index contributed by atoms with van der Waals surface area (Å²) in [5, 5.41) is 8.91. The molecule has 0 bridgehead atoms. The summed E-state index contributed by atoms with van der Waals surface area (Å²) in [6, 6.07) is 7.87. The van der Waals surface area contributed by atoms with E-state index in [1.165, 1.54) is 32.1 Å². The van der Waals surface area contributed by atoms with Crippen molar-refractivity contribution in [1.29, 1.82) is 0 Å². The molecule has 0 radical (unpaired) electrons. The van der Waals surface area contributed by atoms with E-state index in [2.05, 4.69) is 30.8 Å². The molecule has 2 fully saturated rings. The Kier molecular flexibility index (Phi) is 6.96. The standard InChI is InChI=1S/C23H30N6O2/c30-21-12-18(14-24-21)22(31)25-13-17-6-8-19(9-7-17)28-20-15-26-23(27-16-20)29-10-4-2-1-3-5-11-29/h6-9,15-16,18,28H,1-5,10-14H2,(H,24,30)(H,25,31). The molecule has 0 spiro atoms. The van der Waals surface area contributed by atoms with Gasteiger partial charge in [0.25, 0.3) is 0 Å². The summed E-state index contributed by atoms with van der Waals surface area (Å²) in [4.78, 5) is 34.7. The molecule has 1 aromatic carbocycles. The number of aromatic nitrogens is 2. The highest BCUT2D eigenvalue weighted by Gasteiger charge is 2.27. The number of nitrogens with one attached hydrogen (secondary N) is 3. The molecule has 3 heterocycles. The molecule has 3 N–H and O–H groups in total. The predicted octanol–water partition coefficient (Wildman–Crippen LogP) is 2.74. The van der Waals surface area contributed by atoms with E-state index in [-0.39, 0.29) is 24.2 Å². The van der Waals surface area contributed by atoms with Crippen LogP contribution in [0.15, 0.2) is 36.7 Å². The predicted molar refractivity (Wildman–Crippen MR) is 120 cm³/mol. The largest absolute Gasteiger partial charge is 0.355 e. The first-order valence-corrected chi connectivity index (χ1v) is 11.1. The zero-order valence-corrected chi connectivity index (χ0v) is 17.8. The third kappa shape index (κ3) is 5.93. The molecule has 0 saturated carbocycles. The fourth-order valence-electron chi connectivity index (χ4n) is 3.99. The van der Waals surface area contributed by atoms with Gasteiger partial charge in [0.15, 0.2) is 0 Å². The summed E-state index contributed by atoms with van der Waals surface area (Å²) in [5.41, 5.74) is 2.78. The van der Waals surface area contributed by atoms with Crippen LogP contribution in [-0.2, 0) is 16.1 Å². The summed E-state index contributed by atoms with van der Waals surface area (Å²) in [6.45, 7) is 2.92. The molecule has 1 unspecified atom stereocenters. The Balaban J connectivity index is 1.27. The van der Waals surface area contributed by atoms with E-state index < -0.39 is 0 Å². The van der Waals surface area contributed by atoms with E-state index in [9.17, 15) is 9.59 Å². The molecule has 1 atom stereocenters. The van der Waals surface area contributed by atoms with Crippen LogP contribution in [0.1, 0.15) is 44.1 Å². The van der Waals surface area contributed by atoms with Gasteiger partial charge >= 0.3 is 0 Å². The molecule has 1 aromatic heterocycles. The van der Waals surface area contributed by atoms with Crippen LogP contribution in [0.25, 0.3) is 0 Å². The summed E-state index contributed by atoms with van der Waals surface area (Å²) >= 11 is 0. The number of carbonyl (C=O) groups excluding carboxylic acids is 2. The SMILES string of the molecule is O=C1CC(C(=O)NCc2ccc(Nc3cnc(N4CCCCCCC4)nc3)cc2)CN1. The van der Waals surface area contributed by atoms with Gasteiger partial charge in [-0.2, -0.15) is 0 Å². The van der Waals surface area contributed by atoms with Crippen molar-refractivity contribution < 1.29 is 9.59 Å². The first kappa shape index (κ1) is 21.1. The third-order valence-corrected chi connectivity index (χ3v) is 5.83. The molecule has 0 aliphatic carbocycles. The summed E-state index contributed by atoms with van der Waals surface area (Å²) in [7, 11) is 0. The summed E-state index contributed by atoms with van der Waals surface area (Å²) in [5.74, 6) is 0.389. The van der Waals surface area contributed by atoms with E-state index in [4.69, 9.17) is 0 Å². The average Bonchev–Trinajstić information content (AvgIpc) is 3.20. The second-order valence-corrected chi connectivity index (χ2v) is 8.27. The van der Waals surface area contributed by atoms with E-state index in [1.54, 1.807) is 0 Å². The highest BCUT2D eigenvalue weighted by Crippen LogP contribution is 2.19. The molecule has 31 heavy (non-hydrogen) atoms. The van der Waals surface area contributed by atoms with Gasteiger partial charge in [0, 0.05) is 38.3 Å². The van der Waals surface area contributed by atoms with Crippen molar-refractivity contribution in [3.63, 3.8) is 0 Å². The van der Waals surface area contributed by atoms with Crippen LogP contribution in [0.3, 0.4) is 0 Å². The number of rotatable bonds is 6. The maximum Gasteiger partial charge on any atom is 0.225 e. The van der Waals surface area contributed by atoms with Crippen LogP contribution in [0.5, 0.6) is 0 Å². The molecule has 2 aliphatic heterocycles. The second kappa shape index (κ2) is 10.2. The molecule has 8 heteroatoms. The molecule has 2 amide bonds. The summed E-state index contributed by atoms with van der Waals surface area (Å²) in [6.07, 6.45) is 10.2. The number of anilines is 3. The third-order valence-electron chi connectivity index (χ3n) is 5.83. The summed E-state index contributed by atoms with van der Waals surface area (Å²) < 4.78 is 0. The van der Waals surface area contributed by atoms with Gasteiger partial charge in [-0.15, -0.1) is 0 Å². The van der Waals surface area contributed by atoms with Crippen LogP contribution in [0.4, 0.5) is 17.3 Å². The van der Waals surface area contributed by atoms with E-state index in [1.807, 2.05) is 36.7 Å². The topological polar surface area (TPSA) is 99.2 Å². The Hall–Kier alpha value is -3.16. The fraction of sp³-hybridized carbons (Fsp3) is 0.478. The molecule has 164 valence electrons. The lowest BCUT2D eigenvalue weighted by Gasteiger charge is -2.24. The van der Waals surface area contributed by atoms with Crippen LogP contribution in [0.2, 0.25) is 0 Å². The van der Waals surface area contributed by atoms with Gasteiger partial charge < -0.3 is 20.9 Å². The zero-order chi connectivity index (χ0) is 21.5. The van der Waals surface area contributed by atoms with Gasteiger partial charge in [0.2, 0.25) is 17.8 Å². The number of hydrogen-bond donors (Lipinski definition) is 3. The van der Waals surface area contributed by atoms with Crippen molar-refractivity contribution in [2.24, 2.45) is 5.92 Å². The van der Waals surface area contributed by atoms with Crippen molar-refractivity contribution >= 4 is 29.1 Å². The normalized spacial score (nSPS) is 19.3. The van der Waals surface area contributed by atoms with Crippen molar-refractivity contribution in [3.8, 4) is 0 Å². The van der Waals surface area contributed by atoms with Gasteiger partial charge in [-0.3, -0.25) is 9.59 Å². The number of hydrogen-bond acceptors (Lipinski definition) is 6. The molecular formula is C23H30N6O2. The maximum absolute atomic E-state index is 12.1. The van der Waals surface area contributed by atoms with Gasteiger partial charge in [-0.25, -0.2) is 9.97 Å². The quantitative estimate of drug-likeness (QED) is 0.662. The minimum Gasteiger partial charge on any atom is -0.355 e. The monoisotopic (exact) mass is 422 g/mol. The van der Waals surface area contributed by atoms with Gasteiger partial charge in [-0.1, -0.05) is 31.4 Å². The lowest BCUT2D eigenvalue weighted by Crippen LogP contribution is -2.31. The first-order chi connectivity index (χ1) is 15.2. The van der Waals surface area contributed by atoms with E-state index >= 15 is 0 Å². The van der Waals surface area contributed by atoms with Gasteiger partial charge in [0.1, 0.15) is 0 Å². The second-order valence-electron chi connectivity index (χ2n) is 8.27. The zero-order valence-electron chi connectivity index (χ0n) is 17.8. The number of carbonyl (C=O) groups is 2. The van der Waals surface area contributed by atoms with E-state index in [0.717, 1.165) is 36.0 Å². The molecule has 2 aromatic rings. The molecule has 2 saturated heterocycles. The Bertz CT molecular complexity index is 876. The highest BCUT2D eigenvalue weighted by atomic mass is 16.2. The van der Waals surface area contributed by atoms with Crippen molar-refractivity contribution in [2.75, 3.05) is 29.9 Å². The highest BCUT2D eigenvalue weighted by molar-refractivity contribution is 5.89. The van der Waals surface area contributed by atoms with Gasteiger partial charge in [0.05, 0.1) is 24.0 Å². The van der Waals surface area contributed by atoms with Crippen molar-refractivity contribution in [1.82, 2.24) is 20.6 Å². The first-order valence-electron chi connectivity index (χ1n) is 11.1. The smallest absolute Gasteiger partial charge is 0.225 e. The molecular weight excluding hydrogens is 392 g/mol. The number of benzene rings is 1. The lowest BCUT2D eigenvalue weighted by molar-refractivity contribution is -0.126. The van der Waals surface area contributed by atoms with Crippen molar-refractivity contribution in [2.45, 2.75) is 45.1 Å². The van der Waals surface area contributed by atoms with E-state index in [0.29, 0.717) is 13.1 Å². The maximum atomic E-state index is 12.1.